The molecule has 0 fully saturated rings. The highest BCUT2D eigenvalue weighted by molar-refractivity contribution is 6.34. The van der Waals surface area contributed by atoms with Crippen LogP contribution in [-0.2, 0) is 0 Å². The molecule has 23 heavy (non-hydrogen) atoms. The van der Waals surface area contributed by atoms with Gasteiger partial charge in [-0.3, -0.25) is 0 Å². The normalized spacial score (nSPS) is 11.0. The van der Waals surface area contributed by atoms with Crippen LogP contribution in [0, 0.1) is 0 Å². The van der Waals surface area contributed by atoms with Gasteiger partial charge in [-0.1, -0.05) is 61.8 Å². The summed E-state index contributed by atoms with van der Waals surface area (Å²) in [6.07, 6.45) is 0. The zero-order chi connectivity index (χ0) is 16.8. The first-order valence-electron chi connectivity index (χ1n) is 7.94. The Morgan fingerprint density at radius 1 is 0.957 bits per heavy atom. The van der Waals surface area contributed by atoms with Gasteiger partial charge in [-0.15, -0.1) is 0 Å². The number of aliphatic hydroxyl groups excluding tert-OH is 2. The monoisotopic (exact) mass is 333 g/mol. The van der Waals surface area contributed by atoms with Crippen LogP contribution in [-0.4, -0.2) is 36.5 Å². The van der Waals surface area contributed by atoms with E-state index in [4.69, 9.17) is 11.6 Å². The molecule has 0 aromatic heterocycles. The zero-order valence-corrected chi connectivity index (χ0v) is 14.4. The van der Waals surface area contributed by atoms with Crippen molar-refractivity contribution in [2.75, 3.05) is 31.2 Å². The fraction of sp³-hybridized carbons (Fsp3) is 0.368. The molecule has 2 aromatic carbocycles. The molecule has 4 heteroatoms. The summed E-state index contributed by atoms with van der Waals surface area (Å²) in [4.78, 5) is 1.98. The third-order valence-electron chi connectivity index (χ3n) is 3.90. The summed E-state index contributed by atoms with van der Waals surface area (Å²) in [5, 5.41) is 19.3. The SMILES string of the molecule is CC(C)c1c(N(CCO)CCO)ccc(-c2ccccc2)c1Cl. The average molecular weight is 334 g/mol. The standard InChI is InChI=1S/C19H24ClNO2/c1-14(2)18-17(21(10-12-22)11-13-23)9-8-16(19(18)20)15-6-4-3-5-7-15/h3-9,14,22-23H,10-13H2,1-2H3. The van der Waals surface area contributed by atoms with Crippen LogP contribution in [0.3, 0.4) is 0 Å². The number of halogens is 1. The number of hydrogen-bond acceptors (Lipinski definition) is 3. The molecule has 2 N–H and O–H groups in total. The smallest absolute Gasteiger partial charge is 0.0606 e. The summed E-state index contributed by atoms with van der Waals surface area (Å²) < 4.78 is 0. The van der Waals surface area contributed by atoms with Gasteiger partial charge in [0.2, 0.25) is 0 Å². The second kappa shape index (κ2) is 8.34. The van der Waals surface area contributed by atoms with E-state index in [1.54, 1.807) is 0 Å². The highest BCUT2D eigenvalue weighted by atomic mass is 35.5. The Bertz CT molecular complexity index is 623. The molecule has 0 radical (unpaired) electrons. The van der Waals surface area contributed by atoms with Gasteiger partial charge in [0.05, 0.1) is 18.2 Å². The maximum absolute atomic E-state index is 9.30. The van der Waals surface area contributed by atoms with Crippen LogP contribution in [0.25, 0.3) is 11.1 Å². The highest BCUT2D eigenvalue weighted by Crippen LogP contribution is 2.40. The molecule has 0 amide bonds. The van der Waals surface area contributed by atoms with E-state index in [0.29, 0.717) is 13.1 Å². The first-order valence-corrected chi connectivity index (χ1v) is 8.32. The average Bonchev–Trinajstić information content (AvgIpc) is 2.54. The van der Waals surface area contributed by atoms with E-state index in [1.165, 1.54) is 0 Å². The molecule has 0 saturated carbocycles. The molecule has 0 aliphatic heterocycles. The molecule has 2 rings (SSSR count). The van der Waals surface area contributed by atoms with E-state index in [1.807, 2.05) is 47.4 Å². The lowest BCUT2D eigenvalue weighted by atomic mass is 9.94. The Labute approximate surface area is 143 Å². The van der Waals surface area contributed by atoms with Crippen molar-refractivity contribution in [3.05, 3.63) is 53.1 Å². The fourth-order valence-corrected chi connectivity index (χ4v) is 3.33. The third kappa shape index (κ3) is 4.05. The second-order valence-corrected chi connectivity index (χ2v) is 6.19. The van der Waals surface area contributed by atoms with E-state index >= 15 is 0 Å². The maximum atomic E-state index is 9.30. The zero-order valence-electron chi connectivity index (χ0n) is 13.7. The molecule has 0 spiro atoms. The van der Waals surface area contributed by atoms with Crippen molar-refractivity contribution < 1.29 is 10.2 Å². The van der Waals surface area contributed by atoms with Crippen molar-refractivity contribution in [2.24, 2.45) is 0 Å². The molecule has 0 unspecified atom stereocenters. The summed E-state index contributed by atoms with van der Waals surface area (Å²) in [7, 11) is 0. The van der Waals surface area contributed by atoms with Crippen molar-refractivity contribution in [3.63, 3.8) is 0 Å². The van der Waals surface area contributed by atoms with Gasteiger partial charge in [0.1, 0.15) is 0 Å². The van der Waals surface area contributed by atoms with Crippen molar-refractivity contribution >= 4 is 17.3 Å². The summed E-state index contributed by atoms with van der Waals surface area (Å²) in [6, 6.07) is 14.1. The molecule has 2 aromatic rings. The predicted molar refractivity (Wildman–Crippen MR) is 97.4 cm³/mol. The van der Waals surface area contributed by atoms with Crippen molar-refractivity contribution in [2.45, 2.75) is 19.8 Å². The Morgan fingerprint density at radius 3 is 2.09 bits per heavy atom. The van der Waals surface area contributed by atoms with Crippen molar-refractivity contribution in [1.29, 1.82) is 0 Å². The summed E-state index contributed by atoms with van der Waals surface area (Å²) in [6.45, 7) is 5.24. The lowest BCUT2D eigenvalue weighted by molar-refractivity contribution is 0.281. The number of hydrogen-bond donors (Lipinski definition) is 2. The lowest BCUT2D eigenvalue weighted by Gasteiger charge is -2.28. The maximum Gasteiger partial charge on any atom is 0.0606 e. The van der Waals surface area contributed by atoms with E-state index in [2.05, 4.69) is 13.8 Å². The Balaban J connectivity index is 2.55. The van der Waals surface area contributed by atoms with Gasteiger partial charge in [-0.25, -0.2) is 0 Å². The minimum absolute atomic E-state index is 0.0373. The van der Waals surface area contributed by atoms with Gasteiger partial charge in [0.25, 0.3) is 0 Å². The number of nitrogens with zero attached hydrogens (tertiary/aromatic N) is 1. The Kier molecular flexibility index (Phi) is 6.46. The van der Waals surface area contributed by atoms with Gasteiger partial charge in [0.15, 0.2) is 0 Å². The summed E-state index contributed by atoms with van der Waals surface area (Å²) in [5.74, 6) is 0.237. The van der Waals surface area contributed by atoms with Crippen LogP contribution in [0.4, 0.5) is 5.69 Å². The Morgan fingerprint density at radius 2 is 1.57 bits per heavy atom. The predicted octanol–water partition coefficient (Wildman–Crippen LogP) is 3.92. The topological polar surface area (TPSA) is 43.7 Å². The van der Waals surface area contributed by atoms with Gasteiger partial charge >= 0.3 is 0 Å². The Hall–Kier alpha value is -1.55. The van der Waals surface area contributed by atoms with Crippen molar-refractivity contribution in [3.8, 4) is 11.1 Å². The van der Waals surface area contributed by atoms with E-state index in [0.717, 1.165) is 27.4 Å². The molecular formula is C19H24ClNO2. The summed E-state index contributed by atoms with van der Waals surface area (Å²) in [5.41, 5.74) is 4.12. The van der Waals surface area contributed by atoms with Crippen LogP contribution in [0.5, 0.6) is 0 Å². The molecule has 0 heterocycles. The minimum atomic E-state index is 0.0373. The van der Waals surface area contributed by atoms with E-state index in [-0.39, 0.29) is 19.1 Å². The molecular weight excluding hydrogens is 310 g/mol. The van der Waals surface area contributed by atoms with Crippen LogP contribution in [0.2, 0.25) is 5.02 Å². The van der Waals surface area contributed by atoms with Crippen LogP contribution >= 0.6 is 11.6 Å². The van der Waals surface area contributed by atoms with Crippen LogP contribution in [0.1, 0.15) is 25.3 Å². The van der Waals surface area contributed by atoms with E-state index < -0.39 is 0 Å². The molecule has 0 saturated heterocycles. The second-order valence-electron chi connectivity index (χ2n) is 5.81. The van der Waals surface area contributed by atoms with Gasteiger partial charge in [-0.2, -0.15) is 0 Å². The first kappa shape index (κ1) is 17.8. The number of anilines is 1. The number of aliphatic hydroxyl groups is 2. The molecule has 0 aliphatic rings. The van der Waals surface area contributed by atoms with Gasteiger partial charge < -0.3 is 15.1 Å². The number of benzene rings is 2. The highest BCUT2D eigenvalue weighted by Gasteiger charge is 2.19. The number of rotatable bonds is 7. The fourth-order valence-electron chi connectivity index (χ4n) is 2.84. The molecule has 0 aliphatic carbocycles. The molecule has 0 bridgehead atoms. The molecule has 0 atom stereocenters. The van der Waals surface area contributed by atoms with Crippen LogP contribution in [0.15, 0.2) is 42.5 Å². The first-order chi connectivity index (χ1) is 11.1. The van der Waals surface area contributed by atoms with Crippen molar-refractivity contribution in [1.82, 2.24) is 0 Å². The van der Waals surface area contributed by atoms with Crippen LogP contribution < -0.4 is 4.90 Å². The lowest BCUT2D eigenvalue weighted by Crippen LogP contribution is -2.30. The van der Waals surface area contributed by atoms with E-state index in [9.17, 15) is 10.2 Å². The molecule has 3 nitrogen and oxygen atoms in total. The quantitative estimate of drug-likeness (QED) is 0.807. The summed E-state index contributed by atoms with van der Waals surface area (Å²) >= 11 is 6.74. The molecule has 124 valence electrons. The third-order valence-corrected chi connectivity index (χ3v) is 4.31. The van der Waals surface area contributed by atoms with Gasteiger partial charge in [-0.05, 0) is 23.1 Å². The largest absolute Gasteiger partial charge is 0.395 e. The van der Waals surface area contributed by atoms with Gasteiger partial charge in [0, 0.05) is 24.3 Å². The minimum Gasteiger partial charge on any atom is -0.395 e.